The van der Waals surface area contributed by atoms with Crippen molar-refractivity contribution < 1.29 is 4.79 Å². The van der Waals surface area contributed by atoms with Crippen LogP contribution in [-0.4, -0.2) is 35.6 Å². The monoisotopic (exact) mass is 213 g/mol. The van der Waals surface area contributed by atoms with E-state index in [0.717, 1.165) is 19.5 Å². The van der Waals surface area contributed by atoms with Crippen molar-refractivity contribution in [2.75, 3.05) is 13.1 Å². The van der Waals surface area contributed by atoms with Crippen LogP contribution in [0.25, 0.3) is 0 Å². The van der Waals surface area contributed by atoms with Gasteiger partial charge in [0.15, 0.2) is 0 Å². The van der Waals surface area contributed by atoms with Gasteiger partial charge in [-0.3, -0.25) is 0 Å². The summed E-state index contributed by atoms with van der Waals surface area (Å²) in [5.74, 6) is 0.393. The average molecular weight is 213 g/mol. The lowest BCUT2D eigenvalue weighted by atomic mass is 9.95. The van der Waals surface area contributed by atoms with Gasteiger partial charge in [0.25, 0.3) is 0 Å². The molecule has 1 aliphatic rings. The Bertz CT molecular complexity index is 234. The maximum absolute atomic E-state index is 11.8. The molecular weight excluding hydrogens is 190 g/mol. The van der Waals surface area contributed by atoms with Crippen LogP contribution in [0.4, 0.5) is 4.79 Å². The van der Waals surface area contributed by atoms with Crippen LogP contribution in [0, 0.1) is 5.92 Å². The maximum Gasteiger partial charge on any atom is 0.317 e. The van der Waals surface area contributed by atoms with E-state index in [1.165, 1.54) is 0 Å². The average Bonchev–Trinajstić information content (AvgIpc) is 2.06. The second-order valence-corrected chi connectivity index (χ2v) is 5.56. The smallest absolute Gasteiger partial charge is 0.317 e. The summed E-state index contributed by atoms with van der Waals surface area (Å²) < 4.78 is 0. The van der Waals surface area contributed by atoms with Crippen molar-refractivity contribution in [1.82, 2.24) is 10.2 Å². The number of rotatable bonds is 0. The van der Waals surface area contributed by atoms with Crippen LogP contribution in [0.5, 0.6) is 0 Å². The highest BCUT2D eigenvalue weighted by Gasteiger charge is 2.27. The fourth-order valence-electron chi connectivity index (χ4n) is 1.75. The van der Waals surface area contributed by atoms with Crippen LogP contribution in [0.2, 0.25) is 0 Å². The minimum atomic E-state index is -0.167. The largest absolute Gasteiger partial charge is 0.333 e. The van der Waals surface area contributed by atoms with Crippen LogP contribution in [0.1, 0.15) is 34.1 Å². The first kappa shape index (κ1) is 12.3. The Morgan fingerprint density at radius 3 is 2.53 bits per heavy atom. The summed E-state index contributed by atoms with van der Waals surface area (Å²) >= 11 is 0. The van der Waals surface area contributed by atoms with Crippen molar-refractivity contribution in [3.8, 4) is 0 Å². The Morgan fingerprint density at radius 2 is 2.07 bits per heavy atom. The first-order valence-corrected chi connectivity index (χ1v) is 5.62. The van der Waals surface area contributed by atoms with E-state index < -0.39 is 0 Å². The number of nitrogens with two attached hydrogens (primary N) is 1. The number of likely N-dealkylation sites (tertiary alicyclic amines) is 1. The van der Waals surface area contributed by atoms with Gasteiger partial charge in [-0.1, -0.05) is 6.92 Å². The van der Waals surface area contributed by atoms with Gasteiger partial charge in [0.2, 0.25) is 0 Å². The Hall–Kier alpha value is -0.770. The number of nitrogens with one attached hydrogen (secondary N) is 1. The lowest BCUT2D eigenvalue weighted by molar-refractivity contribution is 0.153. The molecule has 88 valence electrons. The van der Waals surface area contributed by atoms with Gasteiger partial charge >= 0.3 is 6.03 Å². The molecule has 1 heterocycles. The van der Waals surface area contributed by atoms with Crippen molar-refractivity contribution >= 4 is 6.03 Å². The molecule has 1 fully saturated rings. The molecule has 2 unspecified atom stereocenters. The van der Waals surface area contributed by atoms with E-state index in [0.29, 0.717) is 5.92 Å². The Balaban J connectivity index is 2.48. The summed E-state index contributed by atoms with van der Waals surface area (Å²) in [6.45, 7) is 9.61. The molecule has 0 aromatic heterocycles. The first-order valence-electron chi connectivity index (χ1n) is 5.62. The molecule has 2 amide bonds. The summed E-state index contributed by atoms with van der Waals surface area (Å²) in [7, 11) is 0. The fraction of sp³-hybridized carbons (Fsp3) is 0.909. The number of amides is 2. The summed E-state index contributed by atoms with van der Waals surface area (Å²) in [4.78, 5) is 13.7. The lowest BCUT2D eigenvalue weighted by Gasteiger charge is -2.36. The third-order valence-corrected chi connectivity index (χ3v) is 2.74. The van der Waals surface area contributed by atoms with Gasteiger partial charge in [0.1, 0.15) is 0 Å². The predicted octanol–water partition coefficient (Wildman–Crippen LogP) is 1.16. The van der Waals surface area contributed by atoms with Crippen molar-refractivity contribution in [1.29, 1.82) is 0 Å². The SMILES string of the molecule is CC1CN(C(=O)NC(C)(C)C)CCC1N. The van der Waals surface area contributed by atoms with Crippen LogP contribution in [0.15, 0.2) is 0 Å². The number of urea groups is 1. The molecule has 2 atom stereocenters. The molecule has 0 bridgehead atoms. The van der Waals surface area contributed by atoms with Crippen LogP contribution >= 0.6 is 0 Å². The van der Waals surface area contributed by atoms with Gasteiger partial charge in [-0.2, -0.15) is 0 Å². The highest BCUT2D eigenvalue weighted by molar-refractivity contribution is 5.75. The zero-order valence-electron chi connectivity index (χ0n) is 10.2. The minimum Gasteiger partial charge on any atom is -0.333 e. The Kier molecular flexibility index (Phi) is 3.60. The Morgan fingerprint density at radius 1 is 1.47 bits per heavy atom. The normalized spacial score (nSPS) is 27.7. The van der Waals surface area contributed by atoms with Gasteiger partial charge < -0.3 is 16.0 Å². The summed E-state index contributed by atoms with van der Waals surface area (Å²) in [6, 6.07) is 0.268. The molecule has 1 aliphatic heterocycles. The number of piperidine rings is 1. The van der Waals surface area contributed by atoms with E-state index in [4.69, 9.17) is 5.73 Å². The van der Waals surface area contributed by atoms with E-state index in [2.05, 4.69) is 12.2 Å². The van der Waals surface area contributed by atoms with Crippen molar-refractivity contribution in [3.63, 3.8) is 0 Å². The number of carbonyl (C=O) groups excluding carboxylic acids is 1. The van der Waals surface area contributed by atoms with E-state index >= 15 is 0 Å². The molecule has 3 N–H and O–H groups in total. The molecule has 4 nitrogen and oxygen atoms in total. The zero-order chi connectivity index (χ0) is 11.6. The van der Waals surface area contributed by atoms with Gasteiger partial charge in [-0.25, -0.2) is 4.79 Å². The number of nitrogens with zero attached hydrogens (tertiary/aromatic N) is 1. The van der Waals surface area contributed by atoms with Gasteiger partial charge in [0.05, 0.1) is 0 Å². The number of hydrogen-bond donors (Lipinski definition) is 2. The fourth-order valence-corrected chi connectivity index (χ4v) is 1.75. The maximum atomic E-state index is 11.8. The van der Waals surface area contributed by atoms with E-state index in [9.17, 15) is 4.79 Å². The first-order chi connectivity index (χ1) is 6.79. The minimum absolute atomic E-state index is 0.0289. The molecule has 0 aromatic carbocycles. The topological polar surface area (TPSA) is 58.4 Å². The quantitative estimate of drug-likeness (QED) is 0.634. The van der Waals surface area contributed by atoms with Crippen molar-refractivity contribution in [2.45, 2.75) is 45.7 Å². The molecule has 15 heavy (non-hydrogen) atoms. The third-order valence-electron chi connectivity index (χ3n) is 2.74. The number of carbonyl (C=O) groups is 1. The van der Waals surface area contributed by atoms with Crippen LogP contribution in [0.3, 0.4) is 0 Å². The highest BCUT2D eigenvalue weighted by Crippen LogP contribution is 2.15. The van der Waals surface area contributed by atoms with Gasteiger partial charge in [-0.05, 0) is 33.1 Å². The standard InChI is InChI=1S/C11H23N3O/c1-8-7-14(6-5-9(8)12)10(15)13-11(2,3)4/h8-9H,5-7,12H2,1-4H3,(H,13,15). The predicted molar refractivity (Wildman–Crippen MR) is 61.6 cm³/mol. The molecular formula is C11H23N3O. The van der Waals surface area contributed by atoms with Gasteiger partial charge in [0, 0.05) is 24.7 Å². The second kappa shape index (κ2) is 4.39. The Labute approximate surface area is 92.2 Å². The van der Waals surface area contributed by atoms with Crippen LogP contribution < -0.4 is 11.1 Å². The molecule has 0 saturated carbocycles. The second-order valence-electron chi connectivity index (χ2n) is 5.56. The molecule has 0 aliphatic carbocycles. The molecule has 4 heteroatoms. The van der Waals surface area contributed by atoms with E-state index in [1.54, 1.807) is 0 Å². The highest BCUT2D eigenvalue weighted by atomic mass is 16.2. The number of hydrogen-bond acceptors (Lipinski definition) is 2. The van der Waals surface area contributed by atoms with Crippen molar-refractivity contribution in [3.05, 3.63) is 0 Å². The lowest BCUT2D eigenvalue weighted by Crippen LogP contribution is -2.54. The molecule has 1 saturated heterocycles. The molecule has 1 rings (SSSR count). The third kappa shape index (κ3) is 3.70. The van der Waals surface area contributed by atoms with Crippen LogP contribution in [-0.2, 0) is 0 Å². The van der Waals surface area contributed by atoms with Gasteiger partial charge in [-0.15, -0.1) is 0 Å². The summed E-state index contributed by atoms with van der Waals surface area (Å²) in [5, 5.41) is 2.97. The summed E-state index contributed by atoms with van der Waals surface area (Å²) in [5.41, 5.74) is 5.74. The van der Waals surface area contributed by atoms with E-state index in [-0.39, 0.29) is 17.6 Å². The molecule has 0 radical (unpaired) electrons. The zero-order valence-corrected chi connectivity index (χ0v) is 10.2. The molecule has 0 spiro atoms. The summed E-state index contributed by atoms with van der Waals surface area (Å²) in [6.07, 6.45) is 0.902. The van der Waals surface area contributed by atoms with E-state index in [1.807, 2.05) is 25.7 Å². The molecule has 0 aromatic rings. The van der Waals surface area contributed by atoms with Crippen molar-refractivity contribution in [2.24, 2.45) is 11.7 Å².